The number of rotatable bonds is 6. The van der Waals surface area contributed by atoms with Crippen LogP contribution in [-0.4, -0.2) is 19.8 Å². The smallest absolute Gasteiger partial charge is 0.181 e. The van der Waals surface area contributed by atoms with E-state index in [9.17, 15) is 0 Å². The molecule has 4 heteroatoms. The summed E-state index contributed by atoms with van der Waals surface area (Å²) in [4.78, 5) is 0. The van der Waals surface area contributed by atoms with Crippen molar-refractivity contribution >= 4 is 11.6 Å². The molecule has 3 nitrogen and oxygen atoms in total. The van der Waals surface area contributed by atoms with Crippen molar-refractivity contribution in [3.63, 3.8) is 0 Å². The van der Waals surface area contributed by atoms with Gasteiger partial charge in [0, 0.05) is 12.6 Å². The number of nitrogens with one attached hydrogen (secondary N) is 1. The van der Waals surface area contributed by atoms with Crippen LogP contribution in [0.3, 0.4) is 0 Å². The maximum atomic E-state index is 6.18. The highest BCUT2D eigenvalue weighted by molar-refractivity contribution is 6.32. The van der Waals surface area contributed by atoms with Crippen LogP contribution < -0.4 is 14.8 Å². The first kappa shape index (κ1) is 13.1. The zero-order valence-electron chi connectivity index (χ0n) is 10.3. The topological polar surface area (TPSA) is 30.5 Å². The summed E-state index contributed by atoms with van der Waals surface area (Å²) in [5.41, 5.74) is 1.08. The van der Waals surface area contributed by atoms with Crippen LogP contribution in [0.5, 0.6) is 11.5 Å². The van der Waals surface area contributed by atoms with E-state index >= 15 is 0 Å². The molecule has 0 bridgehead atoms. The largest absolute Gasteiger partial charge is 0.493 e. The van der Waals surface area contributed by atoms with E-state index in [1.54, 1.807) is 7.11 Å². The Hall–Kier alpha value is -1.37. The van der Waals surface area contributed by atoms with E-state index in [-0.39, 0.29) is 6.61 Å². The Morgan fingerprint density at radius 2 is 2.28 bits per heavy atom. The van der Waals surface area contributed by atoms with Crippen molar-refractivity contribution < 1.29 is 9.47 Å². The second-order valence-corrected chi connectivity index (χ2v) is 4.66. The molecule has 1 fully saturated rings. The van der Waals surface area contributed by atoms with Gasteiger partial charge in [-0.3, -0.25) is 0 Å². The van der Waals surface area contributed by atoms with Gasteiger partial charge in [0.25, 0.3) is 0 Å². The Kier molecular flexibility index (Phi) is 4.35. The Balaban J connectivity index is 2.12. The molecule has 0 heterocycles. The molecule has 18 heavy (non-hydrogen) atoms. The molecule has 2 rings (SSSR count). The highest BCUT2D eigenvalue weighted by atomic mass is 35.5. The van der Waals surface area contributed by atoms with E-state index in [1.165, 1.54) is 12.8 Å². The molecule has 0 unspecified atom stereocenters. The number of methoxy groups -OCH3 is 1. The van der Waals surface area contributed by atoms with E-state index in [0.717, 1.165) is 12.1 Å². The normalized spacial score (nSPS) is 14.1. The van der Waals surface area contributed by atoms with Gasteiger partial charge in [0.2, 0.25) is 0 Å². The second kappa shape index (κ2) is 5.99. The van der Waals surface area contributed by atoms with Gasteiger partial charge in [0.05, 0.1) is 12.1 Å². The molecule has 96 valence electrons. The van der Waals surface area contributed by atoms with Crippen LogP contribution in [0.2, 0.25) is 5.02 Å². The summed E-state index contributed by atoms with van der Waals surface area (Å²) in [6.07, 6.45) is 7.68. The molecule has 1 N–H and O–H groups in total. The first-order valence-electron chi connectivity index (χ1n) is 5.90. The van der Waals surface area contributed by atoms with Gasteiger partial charge in [-0.15, -0.1) is 6.42 Å². The molecule has 1 aromatic rings. The number of hydrogen-bond donors (Lipinski definition) is 1. The molecule has 0 amide bonds. The molecule has 0 atom stereocenters. The summed E-state index contributed by atoms with van der Waals surface area (Å²) in [5.74, 6) is 3.53. The maximum Gasteiger partial charge on any atom is 0.181 e. The van der Waals surface area contributed by atoms with Crippen LogP contribution in [0.25, 0.3) is 0 Å². The Labute approximate surface area is 112 Å². The fourth-order valence-corrected chi connectivity index (χ4v) is 1.97. The van der Waals surface area contributed by atoms with Crippen LogP contribution in [0.4, 0.5) is 0 Å². The van der Waals surface area contributed by atoms with Crippen molar-refractivity contribution in [2.24, 2.45) is 0 Å². The highest BCUT2D eigenvalue weighted by Gasteiger charge is 2.20. The summed E-state index contributed by atoms with van der Waals surface area (Å²) in [5, 5.41) is 3.95. The van der Waals surface area contributed by atoms with E-state index < -0.39 is 0 Å². The predicted octanol–water partition coefficient (Wildman–Crippen LogP) is 2.61. The minimum absolute atomic E-state index is 0.176. The van der Waals surface area contributed by atoms with Gasteiger partial charge in [-0.1, -0.05) is 17.5 Å². The number of terminal acetylenes is 1. The molecule has 0 radical (unpaired) electrons. The summed E-state index contributed by atoms with van der Waals surface area (Å²) in [6, 6.07) is 4.46. The third-order valence-electron chi connectivity index (χ3n) is 2.76. The van der Waals surface area contributed by atoms with Gasteiger partial charge >= 0.3 is 0 Å². The number of hydrogen-bond acceptors (Lipinski definition) is 3. The lowest BCUT2D eigenvalue weighted by Crippen LogP contribution is -2.15. The Bertz CT molecular complexity index is 464. The number of halogens is 1. The molecule has 1 aliphatic rings. The monoisotopic (exact) mass is 265 g/mol. The van der Waals surface area contributed by atoms with E-state index in [1.807, 2.05) is 12.1 Å². The molecule has 0 saturated heterocycles. The van der Waals surface area contributed by atoms with Crippen molar-refractivity contribution in [1.82, 2.24) is 5.32 Å². The number of ether oxygens (including phenoxy) is 2. The van der Waals surface area contributed by atoms with Crippen LogP contribution in [0.1, 0.15) is 18.4 Å². The molecular weight excluding hydrogens is 250 g/mol. The van der Waals surface area contributed by atoms with Gasteiger partial charge < -0.3 is 14.8 Å². The molecule has 1 aliphatic carbocycles. The van der Waals surface area contributed by atoms with Crippen LogP contribution in [-0.2, 0) is 6.54 Å². The van der Waals surface area contributed by atoms with Gasteiger partial charge in [-0.05, 0) is 30.5 Å². The van der Waals surface area contributed by atoms with Crippen LogP contribution in [0.15, 0.2) is 12.1 Å². The first-order valence-corrected chi connectivity index (χ1v) is 6.28. The zero-order chi connectivity index (χ0) is 13.0. The zero-order valence-corrected chi connectivity index (χ0v) is 11.1. The van der Waals surface area contributed by atoms with Crippen LogP contribution in [0, 0.1) is 12.3 Å². The standard InChI is InChI=1S/C14H16ClNO2/c1-3-6-18-14-12(15)7-10(8-13(14)17-2)9-16-11-4-5-11/h1,7-8,11,16H,4-6,9H2,2H3. The molecular formula is C14H16ClNO2. The third kappa shape index (κ3) is 3.32. The predicted molar refractivity (Wildman–Crippen MR) is 72.2 cm³/mol. The summed E-state index contributed by atoms with van der Waals surface area (Å²) < 4.78 is 10.7. The molecule has 0 spiro atoms. The lowest BCUT2D eigenvalue weighted by Gasteiger charge is -2.13. The molecule has 0 aliphatic heterocycles. The fraction of sp³-hybridized carbons (Fsp3) is 0.429. The van der Waals surface area contributed by atoms with Crippen molar-refractivity contribution in [2.75, 3.05) is 13.7 Å². The van der Waals surface area contributed by atoms with E-state index in [0.29, 0.717) is 22.6 Å². The van der Waals surface area contributed by atoms with Gasteiger partial charge in [0.15, 0.2) is 11.5 Å². The van der Waals surface area contributed by atoms with E-state index in [2.05, 4.69) is 11.2 Å². The minimum Gasteiger partial charge on any atom is -0.493 e. The van der Waals surface area contributed by atoms with Crippen molar-refractivity contribution in [2.45, 2.75) is 25.4 Å². The summed E-state index contributed by atoms with van der Waals surface area (Å²) in [7, 11) is 1.59. The van der Waals surface area contributed by atoms with Crippen molar-refractivity contribution in [1.29, 1.82) is 0 Å². The average Bonchev–Trinajstić information content (AvgIpc) is 3.18. The fourth-order valence-electron chi connectivity index (χ4n) is 1.68. The number of benzene rings is 1. The lowest BCUT2D eigenvalue weighted by atomic mass is 10.2. The minimum atomic E-state index is 0.176. The van der Waals surface area contributed by atoms with Crippen molar-refractivity contribution in [3.05, 3.63) is 22.7 Å². The SMILES string of the molecule is C#CCOc1c(Cl)cc(CNC2CC2)cc1OC. The Morgan fingerprint density at radius 1 is 1.50 bits per heavy atom. The quantitative estimate of drug-likeness (QED) is 0.802. The van der Waals surface area contributed by atoms with Crippen LogP contribution >= 0.6 is 11.6 Å². The van der Waals surface area contributed by atoms with Gasteiger partial charge in [0.1, 0.15) is 6.61 Å². The van der Waals surface area contributed by atoms with E-state index in [4.69, 9.17) is 27.5 Å². The summed E-state index contributed by atoms with van der Waals surface area (Å²) in [6.45, 7) is 0.964. The molecule has 1 aromatic carbocycles. The maximum absolute atomic E-state index is 6.18. The Morgan fingerprint density at radius 3 is 2.89 bits per heavy atom. The molecule has 0 aromatic heterocycles. The second-order valence-electron chi connectivity index (χ2n) is 4.26. The van der Waals surface area contributed by atoms with Gasteiger partial charge in [-0.2, -0.15) is 0 Å². The van der Waals surface area contributed by atoms with Crippen molar-refractivity contribution in [3.8, 4) is 23.8 Å². The third-order valence-corrected chi connectivity index (χ3v) is 3.04. The summed E-state index contributed by atoms with van der Waals surface area (Å²) >= 11 is 6.18. The lowest BCUT2D eigenvalue weighted by molar-refractivity contribution is 0.331. The molecule has 1 saturated carbocycles. The highest BCUT2D eigenvalue weighted by Crippen LogP contribution is 2.36. The average molecular weight is 266 g/mol. The van der Waals surface area contributed by atoms with Gasteiger partial charge in [-0.25, -0.2) is 0 Å². The first-order chi connectivity index (χ1) is 8.74.